The Kier molecular flexibility index (Phi) is 4.62. The van der Waals surface area contributed by atoms with E-state index in [9.17, 15) is 0 Å². The number of hydrogen-bond donors (Lipinski definition) is 0. The summed E-state index contributed by atoms with van der Waals surface area (Å²) in [6, 6.07) is 34.4. The van der Waals surface area contributed by atoms with Gasteiger partial charge in [0.25, 0.3) is 0 Å². The minimum absolute atomic E-state index is 0.649. The molecule has 0 saturated carbocycles. The van der Waals surface area contributed by atoms with Crippen LogP contribution >= 0.6 is 0 Å². The third-order valence-electron chi connectivity index (χ3n) is 7.89. The first-order valence-electron chi connectivity index (χ1n) is 13.3. The van der Waals surface area contributed by atoms with Gasteiger partial charge in [-0.05, 0) is 56.3 Å². The van der Waals surface area contributed by atoms with Gasteiger partial charge in [0.15, 0.2) is 0 Å². The van der Waals surface area contributed by atoms with E-state index in [1.807, 2.05) is 6.20 Å². The molecule has 0 radical (unpaired) electrons. The number of furan rings is 1. The van der Waals surface area contributed by atoms with Crippen LogP contribution in [0.2, 0.25) is 0 Å². The lowest BCUT2D eigenvalue weighted by Crippen LogP contribution is -1.97. The van der Waals surface area contributed by atoms with Gasteiger partial charge in [0.2, 0.25) is 5.71 Å². The lowest BCUT2D eigenvalue weighted by atomic mass is 10.1. The quantitative estimate of drug-likeness (QED) is 0.241. The Bertz CT molecular complexity index is 2200. The molecule has 0 spiro atoms. The van der Waals surface area contributed by atoms with E-state index in [4.69, 9.17) is 9.40 Å². The van der Waals surface area contributed by atoms with Crippen LogP contribution in [-0.2, 0) is 0 Å². The van der Waals surface area contributed by atoms with Crippen molar-refractivity contribution in [1.29, 1.82) is 0 Å². The third kappa shape index (κ3) is 3.09. The van der Waals surface area contributed by atoms with Crippen molar-refractivity contribution in [3.05, 3.63) is 121 Å². The Labute approximate surface area is 225 Å². The van der Waals surface area contributed by atoms with Crippen LogP contribution in [0.5, 0.6) is 0 Å². The average Bonchev–Trinajstić information content (AvgIpc) is 3.60. The van der Waals surface area contributed by atoms with E-state index < -0.39 is 0 Å². The molecule has 0 amide bonds. The van der Waals surface area contributed by atoms with Gasteiger partial charge in [0.05, 0.1) is 33.8 Å². The van der Waals surface area contributed by atoms with Crippen molar-refractivity contribution in [2.24, 2.45) is 0 Å². The Morgan fingerprint density at radius 3 is 1.95 bits per heavy atom. The van der Waals surface area contributed by atoms with Gasteiger partial charge in [0, 0.05) is 38.5 Å². The predicted molar refractivity (Wildman–Crippen MR) is 162 cm³/mol. The highest BCUT2D eigenvalue weighted by Gasteiger charge is 2.17. The minimum atomic E-state index is 0.649. The molecule has 0 atom stereocenters. The zero-order valence-corrected chi connectivity index (χ0v) is 21.7. The molecule has 0 aliphatic heterocycles. The molecule has 186 valence electrons. The topological polar surface area (TPSA) is 35.9 Å². The van der Waals surface area contributed by atoms with Crippen LogP contribution < -0.4 is 0 Å². The van der Waals surface area contributed by atoms with Gasteiger partial charge < -0.3 is 13.6 Å². The van der Waals surface area contributed by atoms with Crippen molar-refractivity contribution in [3.63, 3.8) is 0 Å². The molecule has 8 rings (SSSR count). The van der Waals surface area contributed by atoms with Gasteiger partial charge >= 0.3 is 0 Å². The van der Waals surface area contributed by atoms with Gasteiger partial charge in [-0.3, -0.25) is 0 Å². The first-order valence-corrected chi connectivity index (χ1v) is 13.3. The number of rotatable bonds is 3. The SMILES string of the molecule is C/C=C\c1c(C)n(-c2cnc3oc4ccc(-n5c6ccccc6c6ccccc65)cc4c3c2)c2ccccc12. The number of nitrogens with zero attached hydrogens (tertiary/aromatic N) is 3. The summed E-state index contributed by atoms with van der Waals surface area (Å²) >= 11 is 0. The molecule has 4 nitrogen and oxygen atoms in total. The second-order valence-corrected chi connectivity index (χ2v) is 10.1. The van der Waals surface area contributed by atoms with Crippen LogP contribution in [0.15, 0.2) is 114 Å². The van der Waals surface area contributed by atoms with Crippen molar-refractivity contribution in [2.75, 3.05) is 0 Å². The molecular formula is C35H25N3O. The summed E-state index contributed by atoms with van der Waals surface area (Å²) in [6.07, 6.45) is 6.20. The van der Waals surface area contributed by atoms with E-state index >= 15 is 0 Å². The molecule has 4 heterocycles. The molecule has 0 N–H and O–H groups in total. The summed E-state index contributed by atoms with van der Waals surface area (Å²) in [5, 5.41) is 5.80. The van der Waals surface area contributed by atoms with Crippen molar-refractivity contribution in [3.8, 4) is 11.4 Å². The maximum absolute atomic E-state index is 6.21. The highest BCUT2D eigenvalue weighted by molar-refractivity contribution is 6.10. The van der Waals surface area contributed by atoms with Crippen LogP contribution in [-0.4, -0.2) is 14.1 Å². The Hall–Kier alpha value is -5.09. The van der Waals surface area contributed by atoms with Gasteiger partial charge in [-0.1, -0.05) is 66.7 Å². The molecule has 8 aromatic rings. The number of benzene rings is 4. The van der Waals surface area contributed by atoms with E-state index in [2.05, 4.69) is 132 Å². The number of aromatic nitrogens is 3. The average molecular weight is 504 g/mol. The fraction of sp³-hybridized carbons (Fsp3) is 0.0571. The zero-order chi connectivity index (χ0) is 26.1. The zero-order valence-electron chi connectivity index (χ0n) is 21.7. The second-order valence-electron chi connectivity index (χ2n) is 10.1. The van der Waals surface area contributed by atoms with Gasteiger partial charge in [-0.15, -0.1) is 0 Å². The van der Waals surface area contributed by atoms with E-state index in [1.54, 1.807) is 0 Å². The van der Waals surface area contributed by atoms with E-state index in [0.717, 1.165) is 27.7 Å². The van der Waals surface area contributed by atoms with Crippen LogP contribution in [0.4, 0.5) is 0 Å². The van der Waals surface area contributed by atoms with Gasteiger partial charge in [-0.25, -0.2) is 4.98 Å². The highest BCUT2D eigenvalue weighted by atomic mass is 16.3. The van der Waals surface area contributed by atoms with Crippen molar-refractivity contribution in [1.82, 2.24) is 14.1 Å². The van der Waals surface area contributed by atoms with Gasteiger partial charge in [-0.2, -0.15) is 0 Å². The monoisotopic (exact) mass is 503 g/mol. The molecule has 0 saturated heterocycles. The fourth-order valence-electron chi connectivity index (χ4n) is 6.20. The Morgan fingerprint density at radius 2 is 1.26 bits per heavy atom. The van der Waals surface area contributed by atoms with Crippen LogP contribution in [0, 0.1) is 6.92 Å². The summed E-state index contributed by atoms with van der Waals surface area (Å²) in [6.45, 7) is 4.24. The number of fused-ring (bicyclic) bond motifs is 7. The summed E-state index contributed by atoms with van der Waals surface area (Å²) in [5.41, 5.74) is 9.59. The molecule has 0 aliphatic rings. The normalized spacial score (nSPS) is 12.3. The van der Waals surface area contributed by atoms with Crippen LogP contribution in [0.3, 0.4) is 0 Å². The minimum Gasteiger partial charge on any atom is -0.438 e. The maximum Gasteiger partial charge on any atom is 0.227 e. The summed E-state index contributed by atoms with van der Waals surface area (Å²) in [7, 11) is 0. The van der Waals surface area contributed by atoms with E-state index in [1.165, 1.54) is 44.0 Å². The molecule has 0 fully saturated rings. The highest BCUT2D eigenvalue weighted by Crippen LogP contribution is 2.36. The fourth-order valence-corrected chi connectivity index (χ4v) is 6.20. The molecule has 39 heavy (non-hydrogen) atoms. The largest absolute Gasteiger partial charge is 0.438 e. The smallest absolute Gasteiger partial charge is 0.227 e. The van der Waals surface area contributed by atoms with Crippen molar-refractivity contribution < 1.29 is 4.42 Å². The molecule has 0 bridgehead atoms. The Balaban J connectivity index is 1.39. The molecule has 4 heteroatoms. The number of hydrogen-bond acceptors (Lipinski definition) is 2. The first-order chi connectivity index (χ1) is 19.2. The predicted octanol–water partition coefficient (Wildman–Crippen LogP) is 9.36. The molecule has 4 aromatic carbocycles. The second kappa shape index (κ2) is 8.20. The van der Waals surface area contributed by atoms with E-state index in [0.29, 0.717) is 5.71 Å². The van der Waals surface area contributed by atoms with Crippen LogP contribution in [0.25, 0.3) is 72.2 Å². The molecule has 0 aliphatic carbocycles. The summed E-state index contributed by atoms with van der Waals surface area (Å²) in [5.74, 6) is 0. The lowest BCUT2D eigenvalue weighted by Gasteiger charge is -2.09. The first kappa shape index (κ1) is 21.9. The maximum atomic E-state index is 6.21. The van der Waals surface area contributed by atoms with E-state index in [-0.39, 0.29) is 0 Å². The molecular weight excluding hydrogens is 478 g/mol. The lowest BCUT2D eigenvalue weighted by molar-refractivity contribution is 0.654. The molecule has 0 unspecified atom stereocenters. The van der Waals surface area contributed by atoms with Gasteiger partial charge in [0.1, 0.15) is 5.58 Å². The summed E-state index contributed by atoms with van der Waals surface area (Å²) < 4.78 is 10.9. The summed E-state index contributed by atoms with van der Waals surface area (Å²) in [4.78, 5) is 4.78. The standard InChI is InChI=1S/C35H25N3O/c1-3-10-25-22(2)37(31-14-7-4-11-26(25)31)24-20-30-29-19-23(17-18-34(29)39-35(30)36-21-24)38-32-15-8-5-12-27(32)28-13-6-9-16-33(28)38/h3-21H,1-2H3/b10-3-. The number of pyridine rings is 1. The Morgan fingerprint density at radius 1 is 0.641 bits per heavy atom. The number of para-hydroxylation sites is 3. The number of allylic oxidation sites excluding steroid dienone is 1. The van der Waals surface area contributed by atoms with Crippen molar-refractivity contribution in [2.45, 2.75) is 13.8 Å². The third-order valence-corrected chi connectivity index (χ3v) is 7.89. The molecule has 4 aromatic heterocycles. The van der Waals surface area contributed by atoms with Crippen LogP contribution in [0.1, 0.15) is 18.2 Å². The van der Waals surface area contributed by atoms with Crippen molar-refractivity contribution >= 4 is 60.9 Å².